The highest BCUT2D eigenvalue weighted by Crippen LogP contribution is 2.22. The van der Waals surface area contributed by atoms with Gasteiger partial charge in [0.05, 0.1) is 0 Å². The van der Waals surface area contributed by atoms with Gasteiger partial charge in [-0.1, -0.05) is 25.5 Å². The Morgan fingerprint density at radius 3 is 2.47 bits per heavy atom. The lowest BCUT2D eigenvalue weighted by atomic mass is 10.1. The minimum Gasteiger partial charge on any atom is -0.323 e. The first-order chi connectivity index (χ1) is 9.29. The van der Waals surface area contributed by atoms with Crippen LogP contribution in [0.5, 0.6) is 0 Å². The summed E-state index contributed by atoms with van der Waals surface area (Å²) in [4.78, 5) is 3.87. The van der Waals surface area contributed by atoms with Crippen molar-refractivity contribution in [2.24, 2.45) is 5.73 Å². The first kappa shape index (κ1) is 14.9. The zero-order chi connectivity index (χ0) is 13.5. The molecule has 1 aromatic carbocycles. The molecule has 2 N–H and O–H groups in total. The fraction of sp³-hybridized carbons (Fsp3) is 0.625. The van der Waals surface area contributed by atoms with Gasteiger partial charge in [0.2, 0.25) is 0 Å². The number of likely N-dealkylation sites (tertiary alicyclic amines) is 1. The largest absolute Gasteiger partial charge is 0.323 e. The minimum atomic E-state index is 0.156. The summed E-state index contributed by atoms with van der Waals surface area (Å²) in [7, 11) is 0. The molecule has 1 heterocycles. The zero-order valence-electron chi connectivity index (χ0n) is 12.0. The molecule has 106 valence electrons. The van der Waals surface area contributed by atoms with E-state index in [9.17, 15) is 0 Å². The normalized spacial score (nSPS) is 18.4. The second-order valence-corrected chi connectivity index (χ2v) is 6.55. The first-order valence-corrected chi connectivity index (χ1v) is 8.49. The topological polar surface area (TPSA) is 29.3 Å². The monoisotopic (exact) mass is 278 g/mol. The molecule has 1 aliphatic heterocycles. The van der Waals surface area contributed by atoms with Crippen molar-refractivity contribution in [3.63, 3.8) is 0 Å². The molecule has 0 radical (unpaired) electrons. The summed E-state index contributed by atoms with van der Waals surface area (Å²) in [6.07, 6.45) is 5.27. The van der Waals surface area contributed by atoms with E-state index in [4.69, 9.17) is 5.73 Å². The molecule has 0 spiro atoms. The maximum Gasteiger partial charge on any atom is 0.0424 e. The van der Waals surface area contributed by atoms with E-state index in [1.54, 1.807) is 0 Å². The fourth-order valence-corrected chi connectivity index (χ4v) is 3.33. The molecule has 0 saturated carbocycles. The highest BCUT2D eigenvalue weighted by molar-refractivity contribution is 7.99. The van der Waals surface area contributed by atoms with Crippen LogP contribution in [0.15, 0.2) is 29.2 Å². The molecule has 2 rings (SSSR count). The maximum atomic E-state index is 6.33. The van der Waals surface area contributed by atoms with Crippen molar-refractivity contribution >= 4 is 11.8 Å². The van der Waals surface area contributed by atoms with E-state index in [1.807, 2.05) is 11.8 Å². The van der Waals surface area contributed by atoms with Gasteiger partial charge in [0.1, 0.15) is 0 Å². The number of nitrogens with zero attached hydrogens (tertiary/aromatic N) is 1. The third-order valence-corrected chi connectivity index (χ3v) is 4.90. The summed E-state index contributed by atoms with van der Waals surface area (Å²) >= 11 is 1.93. The molecule has 1 unspecified atom stereocenters. The Hall–Kier alpha value is -0.510. The summed E-state index contributed by atoms with van der Waals surface area (Å²) in [6, 6.07) is 8.99. The van der Waals surface area contributed by atoms with Crippen molar-refractivity contribution in [1.82, 2.24) is 4.90 Å². The van der Waals surface area contributed by atoms with Crippen LogP contribution in [0.25, 0.3) is 0 Å². The predicted octanol–water partition coefficient (Wildman–Crippen LogP) is 3.67. The highest BCUT2D eigenvalue weighted by atomic mass is 32.2. The van der Waals surface area contributed by atoms with E-state index < -0.39 is 0 Å². The predicted molar refractivity (Wildman–Crippen MR) is 84.7 cm³/mol. The molecule has 1 aromatic rings. The van der Waals surface area contributed by atoms with Crippen LogP contribution in [0.4, 0.5) is 0 Å². The number of nitrogens with two attached hydrogens (primary N) is 1. The van der Waals surface area contributed by atoms with Gasteiger partial charge in [-0.25, -0.2) is 0 Å². The van der Waals surface area contributed by atoms with Crippen LogP contribution < -0.4 is 5.73 Å². The molecule has 19 heavy (non-hydrogen) atoms. The van der Waals surface area contributed by atoms with E-state index >= 15 is 0 Å². The summed E-state index contributed by atoms with van der Waals surface area (Å²) in [5, 5.41) is 0. The summed E-state index contributed by atoms with van der Waals surface area (Å²) in [6.45, 7) is 5.66. The van der Waals surface area contributed by atoms with E-state index in [-0.39, 0.29) is 6.04 Å². The molecular formula is C16H26N2S. The molecule has 2 nitrogen and oxygen atoms in total. The van der Waals surface area contributed by atoms with Crippen LogP contribution in [-0.2, 0) is 0 Å². The Morgan fingerprint density at radius 1 is 1.16 bits per heavy atom. The third kappa shape index (κ3) is 4.83. The van der Waals surface area contributed by atoms with Crippen LogP contribution >= 0.6 is 11.8 Å². The van der Waals surface area contributed by atoms with Crippen molar-refractivity contribution in [2.75, 3.05) is 25.4 Å². The standard InChI is InChI=1S/C16H26N2S/c1-2-12-19-15-8-6-14(7-9-15)16(17)13-18-10-4-3-5-11-18/h6-9,16H,2-5,10-13,17H2,1H3. The van der Waals surface area contributed by atoms with Gasteiger partial charge in [-0.2, -0.15) is 0 Å². The van der Waals surface area contributed by atoms with Crippen LogP contribution in [0, 0.1) is 0 Å². The summed E-state index contributed by atoms with van der Waals surface area (Å²) in [5.74, 6) is 1.19. The molecule has 0 amide bonds. The first-order valence-electron chi connectivity index (χ1n) is 7.50. The van der Waals surface area contributed by atoms with Gasteiger partial charge in [-0.3, -0.25) is 0 Å². The molecule has 0 bridgehead atoms. The van der Waals surface area contributed by atoms with Crippen LogP contribution in [0.3, 0.4) is 0 Å². The summed E-state index contributed by atoms with van der Waals surface area (Å²) in [5.41, 5.74) is 7.60. The molecule has 1 saturated heterocycles. The van der Waals surface area contributed by atoms with Crippen LogP contribution in [-0.4, -0.2) is 30.3 Å². The number of rotatable bonds is 6. The lowest BCUT2D eigenvalue weighted by Gasteiger charge is -2.29. The molecule has 1 atom stereocenters. The average Bonchev–Trinajstić information content (AvgIpc) is 2.46. The number of hydrogen-bond acceptors (Lipinski definition) is 3. The number of piperidine rings is 1. The van der Waals surface area contributed by atoms with E-state index in [0.717, 1.165) is 6.54 Å². The van der Waals surface area contributed by atoms with E-state index in [0.29, 0.717) is 0 Å². The third-order valence-electron chi connectivity index (χ3n) is 3.68. The number of hydrogen-bond donors (Lipinski definition) is 1. The fourth-order valence-electron chi connectivity index (χ4n) is 2.56. The van der Waals surface area contributed by atoms with Crippen LogP contribution in [0.1, 0.15) is 44.2 Å². The highest BCUT2D eigenvalue weighted by Gasteiger charge is 2.14. The van der Waals surface area contributed by atoms with Crippen LogP contribution in [0.2, 0.25) is 0 Å². The molecule has 1 fully saturated rings. The van der Waals surface area contributed by atoms with Gasteiger partial charge in [0, 0.05) is 17.5 Å². The SMILES string of the molecule is CCCSc1ccc(C(N)CN2CCCCC2)cc1. The minimum absolute atomic E-state index is 0.156. The molecule has 0 aromatic heterocycles. The molecule has 3 heteroatoms. The maximum absolute atomic E-state index is 6.33. The number of thioether (sulfide) groups is 1. The van der Waals surface area contributed by atoms with Gasteiger partial charge in [0.25, 0.3) is 0 Å². The zero-order valence-corrected chi connectivity index (χ0v) is 12.8. The van der Waals surface area contributed by atoms with Gasteiger partial charge < -0.3 is 10.6 Å². The van der Waals surface area contributed by atoms with Crippen molar-refractivity contribution < 1.29 is 0 Å². The Bertz CT molecular complexity index is 358. The van der Waals surface area contributed by atoms with Gasteiger partial charge in [-0.15, -0.1) is 11.8 Å². The second-order valence-electron chi connectivity index (χ2n) is 5.39. The van der Waals surface area contributed by atoms with Crippen molar-refractivity contribution in [2.45, 2.75) is 43.5 Å². The Balaban J connectivity index is 1.85. The Kier molecular flexibility index (Phi) is 6.21. The van der Waals surface area contributed by atoms with Gasteiger partial charge >= 0.3 is 0 Å². The van der Waals surface area contributed by atoms with Gasteiger partial charge in [-0.05, 0) is 55.8 Å². The van der Waals surface area contributed by atoms with E-state index in [2.05, 4.69) is 36.1 Å². The lowest BCUT2D eigenvalue weighted by molar-refractivity contribution is 0.216. The number of benzene rings is 1. The lowest BCUT2D eigenvalue weighted by Crippen LogP contribution is -2.36. The second kappa shape index (κ2) is 7.93. The average molecular weight is 278 g/mol. The summed E-state index contributed by atoms with van der Waals surface area (Å²) < 4.78 is 0. The van der Waals surface area contributed by atoms with Crippen molar-refractivity contribution in [3.8, 4) is 0 Å². The smallest absolute Gasteiger partial charge is 0.0424 e. The molecule has 0 aliphatic carbocycles. The van der Waals surface area contributed by atoms with E-state index in [1.165, 1.54) is 55.0 Å². The van der Waals surface area contributed by atoms with Crippen molar-refractivity contribution in [1.29, 1.82) is 0 Å². The Labute approximate surface area is 121 Å². The van der Waals surface area contributed by atoms with Crippen molar-refractivity contribution in [3.05, 3.63) is 29.8 Å². The van der Waals surface area contributed by atoms with Gasteiger partial charge in [0.15, 0.2) is 0 Å². The Morgan fingerprint density at radius 2 is 1.84 bits per heavy atom. The molecule has 1 aliphatic rings. The quantitative estimate of drug-likeness (QED) is 0.805. The molecular weight excluding hydrogens is 252 g/mol.